The Balaban J connectivity index is 2.02. The van der Waals surface area contributed by atoms with Crippen molar-refractivity contribution < 1.29 is 17.6 Å². The van der Waals surface area contributed by atoms with Crippen molar-refractivity contribution in [1.82, 2.24) is 4.31 Å². The maximum atomic E-state index is 12.9. The Morgan fingerprint density at radius 2 is 1.75 bits per heavy atom. The maximum absolute atomic E-state index is 12.9. The van der Waals surface area contributed by atoms with Gasteiger partial charge in [0.2, 0.25) is 15.9 Å². The summed E-state index contributed by atoms with van der Waals surface area (Å²) in [4.78, 5) is 13.3. The van der Waals surface area contributed by atoms with Gasteiger partial charge < -0.3 is 5.32 Å². The van der Waals surface area contributed by atoms with E-state index in [-0.39, 0.29) is 23.0 Å². The van der Waals surface area contributed by atoms with Gasteiger partial charge in [-0.05, 0) is 48.9 Å². The minimum absolute atomic E-state index is 0.203. The Morgan fingerprint density at radius 3 is 2.36 bits per heavy atom. The average molecular weight is 425 g/mol. The number of halogens is 1. The van der Waals surface area contributed by atoms with Crippen LogP contribution in [0.1, 0.15) is 25.8 Å². The van der Waals surface area contributed by atoms with Crippen molar-refractivity contribution in [3.63, 3.8) is 0 Å². The number of sulfonamides is 1. The lowest BCUT2D eigenvalue weighted by molar-refractivity contribution is -0.115. The van der Waals surface area contributed by atoms with Crippen LogP contribution in [-0.2, 0) is 14.8 Å². The molecule has 0 aliphatic rings. The van der Waals surface area contributed by atoms with Crippen molar-refractivity contribution in [2.45, 2.75) is 37.0 Å². The molecular formula is C20H25FN2O3S2. The van der Waals surface area contributed by atoms with E-state index in [1.165, 1.54) is 34.3 Å². The van der Waals surface area contributed by atoms with Gasteiger partial charge in [0, 0.05) is 35.8 Å². The highest BCUT2D eigenvalue weighted by atomic mass is 32.2. The molecule has 0 unspecified atom stereocenters. The molecule has 0 saturated heterocycles. The van der Waals surface area contributed by atoms with Crippen molar-refractivity contribution in [3.8, 4) is 0 Å². The molecular weight excluding hydrogens is 399 g/mol. The molecule has 0 aromatic heterocycles. The minimum atomic E-state index is -3.60. The highest BCUT2D eigenvalue weighted by molar-refractivity contribution is 7.99. The second kappa shape index (κ2) is 10.0. The highest BCUT2D eigenvalue weighted by Crippen LogP contribution is 2.24. The normalized spacial score (nSPS) is 11.6. The summed E-state index contributed by atoms with van der Waals surface area (Å²) in [7, 11) is -3.60. The Labute approximate surface area is 170 Å². The topological polar surface area (TPSA) is 66.5 Å². The van der Waals surface area contributed by atoms with Crippen molar-refractivity contribution in [3.05, 3.63) is 53.8 Å². The van der Waals surface area contributed by atoms with Crippen LogP contribution in [0.5, 0.6) is 0 Å². The number of hydrogen-bond donors (Lipinski definition) is 1. The third-order valence-electron chi connectivity index (χ3n) is 4.21. The Hall–Kier alpha value is -1.90. The third-order valence-corrected chi connectivity index (χ3v) is 7.41. The lowest BCUT2D eigenvalue weighted by Gasteiger charge is -2.20. The molecule has 1 amide bonds. The van der Waals surface area contributed by atoms with E-state index in [1.54, 1.807) is 45.0 Å². The van der Waals surface area contributed by atoms with E-state index in [1.807, 2.05) is 0 Å². The summed E-state index contributed by atoms with van der Waals surface area (Å²) in [5, 5.41) is 2.76. The van der Waals surface area contributed by atoms with Gasteiger partial charge in [0.1, 0.15) is 5.82 Å². The van der Waals surface area contributed by atoms with Gasteiger partial charge in [-0.1, -0.05) is 19.9 Å². The predicted octanol–water partition coefficient (Wildman–Crippen LogP) is 4.29. The molecule has 0 bridgehead atoms. The van der Waals surface area contributed by atoms with Crippen LogP contribution >= 0.6 is 11.8 Å². The first-order valence-corrected chi connectivity index (χ1v) is 11.5. The number of rotatable bonds is 9. The zero-order valence-electron chi connectivity index (χ0n) is 16.2. The zero-order chi connectivity index (χ0) is 20.7. The van der Waals surface area contributed by atoms with E-state index in [9.17, 15) is 17.6 Å². The number of nitrogens with one attached hydrogen (secondary N) is 1. The van der Waals surface area contributed by atoms with E-state index in [0.29, 0.717) is 30.1 Å². The number of benzene rings is 2. The molecule has 1 N–H and O–H groups in total. The van der Waals surface area contributed by atoms with E-state index < -0.39 is 10.0 Å². The fraction of sp³-hybridized carbons (Fsp3) is 0.350. The number of amides is 1. The molecule has 2 aromatic carbocycles. The van der Waals surface area contributed by atoms with E-state index in [2.05, 4.69) is 5.32 Å². The molecule has 5 nitrogen and oxygen atoms in total. The summed E-state index contributed by atoms with van der Waals surface area (Å²) in [6, 6.07) is 11.0. The van der Waals surface area contributed by atoms with Crippen LogP contribution in [0.25, 0.3) is 0 Å². The number of carbonyl (C=O) groups is 1. The molecule has 2 aromatic rings. The molecule has 28 heavy (non-hydrogen) atoms. The lowest BCUT2D eigenvalue weighted by atomic mass is 10.2. The van der Waals surface area contributed by atoms with Crippen LogP contribution < -0.4 is 5.32 Å². The van der Waals surface area contributed by atoms with Crippen molar-refractivity contribution in [1.29, 1.82) is 0 Å². The smallest absolute Gasteiger partial charge is 0.243 e. The largest absolute Gasteiger partial charge is 0.326 e. The first kappa shape index (κ1) is 22.4. The molecule has 0 fully saturated rings. The lowest BCUT2D eigenvalue weighted by Crippen LogP contribution is -2.31. The first-order chi connectivity index (χ1) is 13.3. The summed E-state index contributed by atoms with van der Waals surface area (Å²) < 4.78 is 39.9. The number of anilines is 1. The summed E-state index contributed by atoms with van der Waals surface area (Å²) >= 11 is 1.46. The number of thioether (sulfide) groups is 1. The molecule has 0 spiro atoms. The Kier molecular flexibility index (Phi) is 8.03. The molecule has 0 saturated carbocycles. The number of aryl methyl sites for hydroxylation is 1. The highest BCUT2D eigenvalue weighted by Gasteiger charge is 2.24. The van der Waals surface area contributed by atoms with Gasteiger partial charge in [-0.15, -0.1) is 11.8 Å². The molecule has 2 rings (SSSR count). The minimum Gasteiger partial charge on any atom is -0.326 e. The van der Waals surface area contributed by atoms with Crippen LogP contribution in [0.2, 0.25) is 0 Å². The second-order valence-corrected chi connectivity index (χ2v) is 9.24. The van der Waals surface area contributed by atoms with Gasteiger partial charge in [0.15, 0.2) is 0 Å². The van der Waals surface area contributed by atoms with E-state index in [0.717, 1.165) is 4.90 Å². The van der Waals surface area contributed by atoms with Crippen molar-refractivity contribution in [2.24, 2.45) is 0 Å². The fourth-order valence-corrected chi connectivity index (χ4v) is 5.23. The van der Waals surface area contributed by atoms with Crippen molar-refractivity contribution in [2.75, 3.05) is 24.2 Å². The van der Waals surface area contributed by atoms with Gasteiger partial charge in [0.05, 0.1) is 4.90 Å². The van der Waals surface area contributed by atoms with Crippen LogP contribution in [-0.4, -0.2) is 37.5 Å². The average Bonchev–Trinajstić information content (AvgIpc) is 2.65. The molecule has 0 radical (unpaired) electrons. The molecule has 0 aliphatic carbocycles. The van der Waals surface area contributed by atoms with Gasteiger partial charge >= 0.3 is 0 Å². The van der Waals surface area contributed by atoms with E-state index >= 15 is 0 Å². The fourth-order valence-electron chi connectivity index (χ4n) is 2.67. The van der Waals surface area contributed by atoms with Gasteiger partial charge in [-0.3, -0.25) is 4.79 Å². The third kappa shape index (κ3) is 5.80. The molecule has 8 heteroatoms. The second-order valence-electron chi connectivity index (χ2n) is 6.17. The molecule has 152 valence electrons. The van der Waals surface area contributed by atoms with Crippen LogP contribution in [0, 0.1) is 12.7 Å². The number of hydrogen-bond acceptors (Lipinski definition) is 4. The van der Waals surface area contributed by atoms with Crippen LogP contribution in [0.3, 0.4) is 0 Å². The predicted molar refractivity (Wildman–Crippen MR) is 112 cm³/mol. The van der Waals surface area contributed by atoms with Crippen LogP contribution in [0.4, 0.5) is 10.1 Å². The molecule has 0 aliphatic heterocycles. The van der Waals surface area contributed by atoms with Gasteiger partial charge in [-0.2, -0.15) is 4.31 Å². The SMILES string of the molecule is CCN(CC)S(=O)(=O)c1cc(NC(=O)CCSc2ccc(F)cc2)ccc1C. The Morgan fingerprint density at radius 1 is 1.11 bits per heavy atom. The maximum Gasteiger partial charge on any atom is 0.243 e. The zero-order valence-corrected chi connectivity index (χ0v) is 17.9. The molecule has 0 atom stereocenters. The monoisotopic (exact) mass is 424 g/mol. The Bertz CT molecular complexity index is 912. The molecule has 0 heterocycles. The van der Waals surface area contributed by atoms with E-state index in [4.69, 9.17) is 0 Å². The standard InChI is InChI=1S/C20H25FN2O3S2/c1-4-23(5-2)28(25,26)19-14-17(9-6-15(19)3)22-20(24)12-13-27-18-10-7-16(21)8-11-18/h6-11,14H,4-5,12-13H2,1-3H3,(H,22,24). The summed E-state index contributed by atoms with van der Waals surface area (Å²) in [6.45, 7) is 6.09. The van der Waals surface area contributed by atoms with Gasteiger partial charge in [0.25, 0.3) is 0 Å². The summed E-state index contributed by atoms with van der Waals surface area (Å²) in [5.74, 6) is 0.0371. The van der Waals surface area contributed by atoms with Crippen LogP contribution in [0.15, 0.2) is 52.3 Å². The summed E-state index contributed by atoms with van der Waals surface area (Å²) in [5.41, 5.74) is 1.09. The van der Waals surface area contributed by atoms with Gasteiger partial charge in [-0.25, -0.2) is 12.8 Å². The first-order valence-electron chi connectivity index (χ1n) is 9.07. The quantitative estimate of drug-likeness (QED) is 0.610. The number of carbonyl (C=O) groups excluding carboxylic acids is 1. The number of nitrogens with zero attached hydrogens (tertiary/aromatic N) is 1. The summed E-state index contributed by atoms with van der Waals surface area (Å²) in [6.07, 6.45) is 0.258. The van der Waals surface area contributed by atoms with Crippen molar-refractivity contribution >= 4 is 33.4 Å².